The third kappa shape index (κ3) is 2.69. The van der Waals surface area contributed by atoms with Gasteiger partial charge in [0.1, 0.15) is 5.54 Å². The summed E-state index contributed by atoms with van der Waals surface area (Å²) >= 11 is 0. The second-order valence-corrected chi connectivity index (χ2v) is 6.17. The molecule has 2 fully saturated rings. The molecule has 4 nitrogen and oxygen atoms in total. The third-order valence-corrected chi connectivity index (χ3v) is 4.41. The fourth-order valence-electron chi connectivity index (χ4n) is 3.17. The van der Waals surface area contributed by atoms with Gasteiger partial charge in [0, 0.05) is 26.2 Å². The fourth-order valence-corrected chi connectivity index (χ4v) is 3.17. The Labute approximate surface area is 110 Å². The maximum Gasteiger partial charge on any atom is 0.324 e. The Morgan fingerprint density at radius 3 is 2.44 bits per heavy atom. The minimum Gasteiger partial charge on any atom is -0.480 e. The van der Waals surface area contributed by atoms with E-state index in [0.717, 1.165) is 51.9 Å². The Bertz CT molecular complexity index is 296. The zero-order chi connectivity index (χ0) is 13.2. The number of carbonyl (C=O) groups is 1. The first-order chi connectivity index (χ1) is 8.57. The molecule has 1 heterocycles. The van der Waals surface area contributed by atoms with Gasteiger partial charge in [-0.25, -0.2) is 0 Å². The van der Waals surface area contributed by atoms with Gasteiger partial charge in [0.2, 0.25) is 0 Å². The monoisotopic (exact) mass is 254 g/mol. The van der Waals surface area contributed by atoms with Crippen molar-refractivity contribution in [3.8, 4) is 0 Å². The van der Waals surface area contributed by atoms with Crippen LogP contribution in [0.3, 0.4) is 0 Å². The molecule has 1 aliphatic heterocycles. The number of rotatable bonds is 6. The molecule has 0 radical (unpaired) electrons. The Kier molecular flexibility index (Phi) is 4.28. The van der Waals surface area contributed by atoms with Gasteiger partial charge in [0.15, 0.2) is 0 Å². The first-order valence-corrected chi connectivity index (χ1v) is 7.26. The van der Waals surface area contributed by atoms with Crippen LogP contribution in [0.5, 0.6) is 0 Å². The summed E-state index contributed by atoms with van der Waals surface area (Å²) in [6, 6.07) is 0. The van der Waals surface area contributed by atoms with Gasteiger partial charge in [0.25, 0.3) is 0 Å². The predicted molar refractivity (Wildman–Crippen MR) is 71.6 cm³/mol. The van der Waals surface area contributed by atoms with Crippen molar-refractivity contribution in [2.24, 2.45) is 11.8 Å². The minimum atomic E-state index is -0.590. The van der Waals surface area contributed by atoms with Crippen LogP contribution in [-0.4, -0.2) is 47.7 Å². The van der Waals surface area contributed by atoms with Crippen molar-refractivity contribution in [1.82, 2.24) is 10.2 Å². The highest BCUT2D eigenvalue weighted by molar-refractivity contribution is 5.80. The van der Waals surface area contributed by atoms with Gasteiger partial charge in [-0.3, -0.25) is 9.69 Å². The van der Waals surface area contributed by atoms with E-state index in [1.54, 1.807) is 0 Å². The molecular weight excluding hydrogens is 228 g/mol. The Hall–Kier alpha value is -0.610. The summed E-state index contributed by atoms with van der Waals surface area (Å²) in [4.78, 5) is 14.2. The van der Waals surface area contributed by atoms with Crippen LogP contribution >= 0.6 is 0 Å². The Balaban J connectivity index is 2.15. The van der Waals surface area contributed by atoms with Gasteiger partial charge in [0.05, 0.1) is 0 Å². The molecule has 0 aromatic heterocycles. The Morgan fingerprint density at radius 2 is 2.00 bits per heavy atom. The van der Waals surface area contributed by atoms with Gasteiger partial charge in [-0.2, -0.15) is 0 Å². The summed E-state index contributed by atoms with van der Waals surface area (Å²) in [6.07, 6.45) is 4.00. The average molecular weight is 254 g/mol. The van der Waals surface area contributed by atoms with Gasteiger partial charge in [-0.15, -0.1) is 0 Å². The molecule has 1 saturated carbocycles. The van der Waals surface area contributed by atoms with Crippen molar-refractivity contribution in [3.05, 3.63) is 0 Å². The molecule has 0 aromatic rings. The molecule has 0 amide bonds. The molecule has 0 aromatic carbocycles. The maximum atomic E-state index is 12.0. The first kappa shape index (κ1) is 13.8. The molecule has 0 bridgehead atoms. The van der Waals surface area contributed by atoms with Crippen molar-refractivity contribution in [1.29, 1.82) is 0 Å². The van der Waals surface area contributed by atoms with E-state index in [-0.39, 0.29) is 0 Å². The van der Waals surface area contributed by atoms with E-state index in [1.165, 1.54) is 0 Å². The van der Waals surface area contributed by atoms with Crippen LogP contribution in [0.1, 0.15) is 39.5 Å². The summed E-state index contributed by atoms with van der Waals surface area (Å²) in [6.45, 7) is 7.95. The van der Waals surface area contributed by atoms with E-state index in [4.69, 9.17) is 0 Å². The molecule has 1 unspecified atom stereocenters. The number of carboxylic acid groups (broad SMARTS) is 1. The van der Waals surface area contributed by atoms with Crippen LogP contribution in [-0.2, 0) is 4.79 Å². The highest BCUT2D eigenvalue weighted by Crippen LogP contribution is 2.46. The summed E-state index contributed by atoms with van der Waals surface area (Å²) < 4.78 is 0. The minimum absolute atomic E-state index is 0.381. The normalized spacial score (nSPS) is 25.1. The first-order valence-electron chi connectivity index (χ1n) is 7.26. The van der Waals surface area contributed by atoms with E-state index in [0.29, 0.717) is 11.8 Å². The van der Waals surface area contributed by atoms with Gasteiger partial charge < -0.3 is 10.4 Å². The molecule has 2 aliphatic rings. The quantitative estimate of drug-likeness (QED) is 0.755. The fraction of sp³-hybridized carbons (Fsp3) is 0.929. The number of hydrogen-bond acceptors (Lipinski definition) is 3. The van der Waals surface area contributed by atoms with Gasteiger partial charge in [-0.1, -0.05) is 13.8 Å². The smallest absolute Gasteiger partial charge is 0.324 e. The van der Waals surface area contributed by atoms with Crippen LogP contribution in [0.4, 0.5) is 0 Å². The van der Waals surface area contributed by atoms with Crippen LogP contribution in [0.25, 0.3) is 0 Å². The van der Waals surface area contributed by atoms with E-state index in [1.807, 2.05) is 0 Å². The molecule has 1 saturated heterocycles. The SMILES string of the molecule is CC(C)CCC(C(=O)O)(C1CC1)N1CCNCC1. The topological polar surface area (TPSA) is 52.6 Å². The van der Waals surface area contributed by atoms with E-state index in [2.05, 4.69) is 24.1 Å². The molecule has 2 N–H and O–H groups in total. The molecule has 1 atom stereocenters. The number of piperazine rings is 1. The van der Waals surface area contributed by atoms with Crippen molar-refractivity contribution in [2.45, 2.75) is 45.1 Å². The molecule has 104 valence electrons. The molecule has 0 spiro atoms. The molecular formula is C14H26N2O2. The van der Waals surface area contributed by atoms with Crippen LogP contribution in [0.2, 0.25) is 0 Å². The van der Waals surface area contributed by atoms with Crippen molar-refractivity contribution >= 4 is 5.97 Å². The number of hydrogen-bond donors (Lipinski definition) is 2. The van der Waals surface area contributed by atoms with Crippen LogP contribution in [0, 0.1) is 11.8 Å². The Morgan fingerprint density at radius 1 is 1.39 bits per heavy atom. The van der Waals surface area contributed by atoms with Crippen LogP contribution in [0.15, 0.2) is 0 Å². The zero-order valence-electron chi connectivity index (χ0n) is 11.6. The lowest BCUT2D eigenvalue weighted by molar-refractivity contribution is -0.155. The summed E-state index contributed by atoms with van der Waals surface area (Å²) in [5.41, 5.74) is -0.577. The molecule has 2 rings (SSSR count). The second-order valence-electron chi connectivity index (χ2n) is 6.17. The van der Waals surface area contributed by atoms with E-state index >= 15 is 0 Å². The average Bonchev–Trinajstić information content (AvgIpc) is 3.15. The van der Waals surface area contributed by atoms with Gasteiger partial charge in [-0.05, 0) is 37.5 Å². The number of aliphatic carboxylic acids is 1. The van der Waals surface area contributed by atoms with Gasteiger partial charge >= 0.3 is 5.97 Å². The van der Waals surface area contributed by atoms with Crippen molar-refractivity contribution < 1.29 is 9.90 Å². The zero-order valence-corrected chi connectivity index (χ0v) is 11.6. The standard InChI is InChI=1S/C14H26N2O2/c1-11(2)5-6-14(13(17)18,12-3-4-12)16-9-7-15-8-10-16/h11-12,15H,3-10H2,1-2H3,(H,17,18). The third-order valence-electron chi connectivity index (χ3n) is 4.41. The number of nitrogens with one attached hydrogen (secondary N) is 1. The second kappa shape index (κ2) is 5.57. The lowest BCUT2D eigenvalue weighted by Crippen LogP contribution is -2.61. The highest BCUT2D eigenvalue weighted by atomic mass is 16.4. The lowest BCUT2D eigenvalue weighted by Gasteiger charge is -2.43. The summed E-state index contributed by atoms with van der Waals surface area (Å²) in [5, 5.41) is 13.2. The maximum absolute atomic E-state index is 12.0. The molecule has 1 aliphatic carbocycles. The summed E-state index contributed by atoms with van der Waals surface area (Å²) in [7, 11) is 0. The van der Waals surface area contributed by atoms with Crippen molar-refractivity contribution in [3.63, 3.8) is 0 Å². The molecule has 18 heavy (non-hydrogen) atoms. The largest absolute Gasteiger partial charge is 0.480 e. The number of carboxylic acids is 1. The van der Waals surface area contributed by atoms with Crippen molar-refractivity contribution in [2.75, 3.05) is 26.2 Å². The highest BCUT2D eigenvalue weighted by Gasteiger charge is 2.54. The molecule has 4 heteroatoms. The predicted octanol–water partition coefficient (Wildman–Crippen LogP) is 1.56. The van der Waals surface area contributed by atoms with E-state index in [9.17, 15) is 9.90 Å². The number of nitrogens with zero attached hydrogens (tertiary/aromatic N) is 1. The van der Waals surface area contributed by atoms with Crippen LogP contribution < -0.4 is 5.32 Å². The van der Waals surface area contributed by atoms with E-state index < -0.39 is 11.5 Å². The summed E-state index contributed by atoms with van der Waals surface area (Å²) in [5.74, 6) is 0.366. The lowest BCUT2D eigenvalue weighted by atomic mass is 9.83.